The molecule has 4 nitrogen and oxygen atoms in total. The molecule has 1 aliphatic rings. The van der Waals surface area contributed by atoms with E-state index in [0.717, 1.165) is 48.8 Å². The second-order valence-corrected chi connectivity index (χ2v) is 5.83. The van der Waals surface area contributed by atoms with Gasteiger partial charge in [0.15, 0.2) is 0 Å². The normalized spacial score (nSPS) is 22.4. The molecule has 2 aromatic rings. The first kappa shape index (κ1) is 14.1. The maximum atomic E-state index is 12.0. The van der Waals surface area contributed by atoms with Crippen molar-refractivity contribution in [3.05, 3.63) is 40.3 Å². The van der Waals surface area contributed by atoms with Crippen LogP contribution in [0.2, 0.25) is 0 Å². The van der Waals surface area contributed by atoms with Crippen LogP contribution in [0.1, 0.15) is 38.2 Å². The molecule has 1 saturated carbocycles. The summed E-state index contributed by atoms with van der Waals surface area (Å²) in [4.78, 5) is 14.8. The van der Waals surface area contributed by atoms with Crippen LogP contribution in [0.5, 0.6) is 5.75 Å². The zero-order valence-electron chi connectivity index (χ0n) is 12.4. The Morgan fingerprint density at radius 2 is 2.05 bits per heavy atom. The van der Waals surface area contributed by atoms with Gasteiger partial charge in [0.25, 0.3) is 5.56 Å². The van der Waals surface area contributed by atoms with E-state index in [9.17, 15) is 4.79 Å². The molecule has 0 atom stereocenters. The van der Waals surface area contributed by atoms with Crippen molar-refractivity contribution in [1.82, 2.24) is 4.98 Å². The summed E-state index contributed by atoms with van der Waals surface area (Å²) in [6.45, 7) is 2.09. The summed E-state index contributed by atoms with van der Waals surface area (Å²) in [5.41, 5.74) is 7.01. The van der Waals surface area contributed by atoms with Gasteiger partial charge in [0.2, 0.25) is 0 Å². The molecule has 1 aliphatic carbocycles. The molecule has 0 unspecified atom stereocenters. The third kappa shape index (κ3) is 2.81. The van der Waals surface area contributed by atoms with Crippen molar-refractivity contribution >= 4 is 10.8 Å². The van der Waals surface area contributed by atoms with Crippen LogP contribution >= 0.6 is 0 Å². The number of benzene rings is 1. The van der Waals surface area contributed by atoms with Gasteiger partial charge in [-0.05, 0) is 49.8 Å². The van der Waals surface area contributed by atoms with Crippen LogP contribution < -0.4 is 16.0 Å². The highest BCUT2D eigenvalue weighted by Gasteiger charge is 2.21. The Hall–Kier alpha value is -1.81. The van der Waals surface area contributed by atoms with Crippen LogP contribution in [0, 0.1) is 0 Å². The number of pyridine rings is 1. The maximum absolute atomic E-state index is 12.0. The standard InChI is InChI=1S/C17H22N2O2/c1-2-11-10-19-17(20)14-4-3-5-15(16(11)14)21-13-8-6-12(18)7-9-13/h3-5,10,12-13H,2,6-9,18H2,1H3,(H,19,20). The molecule has 1 aromatic heterocycles. The highest BCUT2D eigenvalue weighted by molar-refractivity contribution is 5.90. The minimum absolute atomic E-state index is 0.0571. The second-order valence-electron chi connectivity index (χ2n) is 5.83. The molecule has 112 valence electrons. The lowest BCUT2D eigenvalue weighted by Crippen LogP contribution is -2.31. The number of aryl methyl sites for hydroxylation is 1. The van der Waals surface area contributed by atoms with E-state index in [1.54, 1.807) is 6.20 Å². The molecule has 0 bridgehead atoms. The van der Waals surface area contributed by atoms with E-state index in [1.165, 1.54) is 0 Å². The Bertz CT molecular complexity index is 685. The van der Waals surface area contributed by atoms with Crippen LogP contribution in [-0.4, -0.2) is 17.1 Å². The van der Waals surface area contributed by atoms with Crippen molar-refractivity contribution in [1.29, 1.82) is 0 Å². The quantitative estimate of drug-likeness (QED) is 0.911. The molecule has 3 rings (SSSR count). The van der Waals surface area contributed by atoms with Gasteiger partial charge in [-0.15, -0.1) is 0 Å². The first-order valence-corrected chi connectivity index (χ1v) is 7.74. The molecule has 0 saturated heterocycles. The van der Waals surface area contributed by atoms with E-state index in [2.05, 4.69) is 11.9 Å². The van der Waals surface area contributed by atoms with Gasteiger partial charge in [0.1, 0.15) is 5.75 Å². The number of aromatic nitrogens is 1. The smallest absolute Gasteiger partial charge is 0.255 e. The fourth-order valence-electron chi connectivity index (χ4n) is 3.12. The molecule has 0 amide bonds. The largest absolute Gasteiger partial charge is 0.490 e. The first-order valence-electron chi connectivity index (χ1n) is 7.74. The minimum Gasteiger partial charge on any atom is -0.490 e. The number of nitrogens with one attached hydrogen (secondary N) is 1. The molecular weight excluding hydrogens is 264 g/mol. The summed E-state index contributed by atoms with van der Waals surface area (Å²) in [6, 6.07) is 6.03. The topological polar surface area (TPSA) is 68.1 Å². The molecule has 1 aromatic carbocycles. The van der Waals surface area contributed by atoms with Crippen molar-refractivity contribution < 1.29 is 4.74 Å². The number of fused-ring (bicyclic) bond motifs is 1. The van der Waals surface area contributed by atoms with Crippen molar-refractivity contribution in [3.63, 3.8) is 0 Å². The minimum atomic E-state index is -0.0571. The molecule has 21 heavy (non-hydrogen) atoms. The van der Waals surface area contributed by atoms with Gasteiger partial charge < -0.3 is 15.5 Å². The predicted octanol–water partition coefficient (Wildman–Crippen LogP) is 2.74. The second kappa shape index (κ2) is 5.90. The fourth-order valence-corrected chi connectivity index (χ4v) is 3.12. The molecule has 0 spiro atoms. The van der Waals surface area contributed by atoms with E-state index < -0.39 is 0 Å². The zero-order valence-corrected chi connectivity index (χ0v) is 12.4. The van der Waals surface area contributed by atoms with Gasteiger partial charge in [0.05, 0.1) is 11.5 Å². The maximum Gasteiger partial charge on any atom is 0.255 e. The summed E-state index contributed by atoms with van der Waals surface area (Å²) in [7, 11) is 0. The van der Waals surface area contributed by atoms with Crippen LogP contribution in [0.15, 0.2) is 29.2 Å². The van der Waals surface area contributed by atoms with Crippen LogP contribution in [-0.2, 0) is 6.42 Å². The summed E-state index contributed by atoms with van der Waals surface area (Å²) >= 11 is 0. The van der Waals surface area contributed by atoms with E-state index in [-0.39, 0.29) is 11.7 Å². The van der Waals surface area contributed by atoms with Crippen LogP contribution in [0.25, 0.3) is 10.8 Å². The SMILES string of the molecule is CCc1c[nH]c(=O)c2cccc(OC3CCC(N)CC3)c12. The van der Waals surface area contributed by atoms with Gasteiger partial charge in [-0.2, -0.15) is 0 Å². The molecule has 1 fully saturated rings. The third-order valence-electron chi connectivity index (χ3n) is 4.36. The van der Waals surface area contributed by atoms with Gasteiger partial charge in [-0.25, -0.2) is 0 Å². The number of H-pyrrole nitrogens is 1. The molecule has 4 heteroatoms. The highest BCUT2D eigenvalue weighted by Crippen LogP contribution is 2.30. The molecule has 1 heterocycles. The fraction of sp³-hybridized carbons (Fsp3) is 0.471. The third-order valence-corrected chi connectivity index (χ3v) is 4.36. The van der Waals surface area contributed by atoms with E-state index in [4.69, 9.17) is 10.5 Å². The lowest BCUT2D eigenvalue weighted by Gasteiger charge is -2.27. The van der Waals surface area contributed by atoms with Gasteiger partial charge >= 0.3 is 0 Å². The lowest BCUT2D eigenvalue weighted by atomic mass is 9.93. The average molecular weight is 286 g/mol. The summed E-state index contributed by atoms with van der Waals surface area (Å²) < 4.78 is 6.21. The average Bonchev–Trinajstić information content (AvgIpc) is 2.51. The lowest BCUT2D eigenvalue weighted by molar-refractivity contribution is 0.149. The van der Waals surface area contributed by atoms with Gasteiger partial charge in [-0.1, -0.05) is 13.0 Å². The number of rotatable bonds is 3. The highest BCUT2D eigenvalue weighted by atomic mass is 16.5. The van der Waals surface area contributed by atoms with Gasteiger partial charge in [0, 0.05) is 17.6 Å². The van der Waals surface area contributed by atoms with Gasteiger partial charge in [-0.3, -0.25) is 4.79 Å². The Labute approximate surface area is 124 Å². The summed E-state index contributed by atoms with van der Waals surface area (Å²) in [5, 5.41) is 1.66. The van der Waals surface area contributed by atoms with E-state index in [0.29, 0.717) is 11.4 Å². The Morgan fingerprint density at radius 3 is 2.76 bits per heavy atom. The van der Waals surface area contributed by atoms with E-state index in [1.807, 2.05) is 18.2 Å². The number of hydrogen-bond acceptors (Lipinski definition) is 3. The summed E-state index contributed by atoms with van der Waals surface area (Å²) in [5.74, 6) is 0.830. The Kier molecular flexibility index (Phi) is 3.97. The number of aromatic amines is 1. The Balaban J connectivity index is 1.98. The zero-order chi connectivity index (χ0) is 14.8. The van der Waals surface area contributed by atoms with Crippen LogP contribution in [0.4, 0.5) is 0 Å². The van der Waals surface area contributed by atoms with Crippen molar-refractivity contribution in [3.8, 4) is 5.75 Å². The summed E-state index contributed by atoms with van der Waals surface area (Å²) in [6.07, 6.45) is 6.87. The Morgan fingerprint density at radius 1 is 1.29 bits per heavy atom. The number of nitrogens with two attached hydrogens (primary N) is 1. The van der Waals surface area contributed by atoms with E-state index >= 15 is 0 Å². The number of hydrogen-bond donors (Lipinski definition) is 2. The molecule has 0 radical (unpaired) electrons. The predicted molar refractivity (Wildman–Crippen MR) is 84.8 cm³/mol. The first-order chi connectivity index (χ1) is 10.2. The molecule has 0 aliphatic heterocycles. The van der Waals surface area contributed by atoms with Crippen molar-refractivity contribution in [2.75, 3.05) is 0 Å². The number of ether oxygens (including phenoxy) is 1. The van der Waals surface area contributed by atoms with Crippen LogP contribution in [0.3, 0.4) is 0 Å². The van der Waals surface area contributed by atoms with Crippen molar-refractivity contribution in [2.45, 2.75) is 51.2 Å². The van der Waals surface area contributed by atoms with Crippen molar-refractivity contribution in [2.24, 2.45) is 5.73 Å². The molecule has 3 N–H and O–H groups in total. The molecular formula is C17H22N2O2. The monoisotopic (exact) mass is 286 g/mol.